The molecule has 0 aromatic heterocycles. The average molecular weight is 258 g/mol. The van der Waals surface area contributed by atoms with Crippen LogP contribution in [0.15, 0.2) is 24.3 Å². The number of carboxylic acid groups (broad SMARTS) is 1. The van der Waals surface area contributed by atoms with E-state index in [4.69, 9.17) is 21.4 Å². The molecule has 1 rings (SSSR count). The summed E-state index contributed by atoms with van der Waals surface area (Å²) < 4.78 is 4.90. The molecule has 4 nitrogen and oxygen atoms in total. The third kappa shape index (κ3) is 4.34. The molecule has 0 saturated heterocycles. The number of hydrogen-bond donors (Lipinski definition) is 2. The lowest BCUT2D eigenvalue weighted by atomic mass is 10.1. The molecule has 0 amide bonds. The van der Waals surface area contributed by atoms with Crippen molar-refractivity contribution in [2.24, 2.45) is 0 Å². The Kier molecular flexibility index (Phi) is 5.97. The second-order valence-electron chi connectivity index (χ2n) is 3.59. The fraction of sp³-hybridized carbons (Fsp3) is 0.417. The van der Waals surface area contributed by atoms with E-state index in [1.165, 1.54) is 0 Å². The van der Waals surface area contributed by atoms with Gasteiger partial charge in [-0.1, -0.05) is 29.8 Å². The molecule has 1 atom stereocenters. The number of carboxylic acids is 1. The Labute approximate surface area is 106 Å². The molecular formula is C12H16ClNO3. The van der Waals surface area contributed by atoms with E-state index >= 15 is 0 Å². The van der Waals surface area contributed by atoms with Crippen LogP contribution in [0.4, 0.5) is 0 Å². The van der Waals surface area contributed by atoms with E-state index in [1.54, 1.807) is 31.4 Å². The maximum atomic E-state index is 11.2. The normalized spacial score (nSPS) is 12.4. The number of benzene rings is 1. The molecule has 0 spiro atoms. The van der Waals surface area contributed by atoms with Gasteiger partial charge in [0.05, 0.1) is 0 Å². The van der Waals surface area contributed by atoms with Crippen molar-refractivity contribution in [2.45, 2.75) is 12.5 Å². The summed E-state index contributed by atoms with van der Waals surface area (Å²) >= 11 is 5.98. The van der Waals surface area contributed by atoms with E-state index in [2.05, 4.69) is 5.32 Å². The summed E-state index contributed by atoms with van der Waals surface area (Å²) in [6, 6.07) is 6.16. The van der Waals surface area contributed by atoms with Crippen LogP contribution in [0.5, 0.6) is 0 Å². The monoisotopic (exact) mass is 257 g/mol. The molecule has 0 fully saturated rings. The molecule has 0 aliphatic heterocycles. The molecule has 0 heterocycles. The Morgan fingerprint density at radius 2 is 2.24 bits per heavy atom. The van der Waals surface area contributed by atoms with Crippen LogP contribution in [0, 0.1) is 0 Å². The first-order valence-electron chi connectivity index (χ1n) is 5.36. The molecule has 0 aliphatic carbocycles. The lowest BCUT2D eigenvalue weighted by Crippen LogP contribution is -2.30. The Morgan fingerprint density at radius 3 is 2.82 bits per heavy atom. The van der Waals surface area contributed by atoms with E-state index in [0.717, 1.165) is 6.42 Å². The summed E-state index contributed by atoms with van der Waals surface area (Å²) in [5.74, 6) is -0.935. The van der Waals surface area contributed by atoms with Gasteiger partial charge in [0.2, 0.25) is 0 Å². The van der Waals surface area contributed by atoms with Crippen LogP contribution < -0.4 is 5.32 Å². The smallest absolute Gasteiger partial charge is 0.325 e. The standard InChI is InChI=1S/C12H16ClNO3/c1-17-8-4-7-14-11(12(15)16)9-5-2-3-6-10(9)13/h2-3,5-6,11,14H,4,7-8H2,1H3,(H,15,16). The van der Waals surface area contributed by atoms with Crippen molar-refractivity contribution in [1.29, 1.82) is 0 Å². The first kappa shape index (κ1) is 14.0. The summed E-state index contributed by atoms with van der Waals surface area (Å²) in [4.78, 5) is 11.2. The fourth-order valence-electron chi connectivity index (χ4n) is 1.50. The first-order chi connectivity index (χ1) is 8.16. The van der Waals surface area contributed by atoms with E-state index in [9.17, 15) is 4.79 Å². The van der Waals surface area contributed by atoms with Gasteiger partial charge in [-0.3, -0.25) is 4.79 Å². The van der Waals surface area contributed by atoms with Crippen molar-refractivity contribution in [2.75, 3.05) is 20.3 Å². The van der Waals surface area contributed by atoms with E-state index in [1.807, 2.05) is 0 Å². The van der Waals surface area contributed by atoms with Gasteiger partial charge in [-0.05, 0) is 24.6 Å². The zero-order valence-corrected chi connectivity index (χ0v) is 10.4. The third-order valence-electron chi connectivity index (χ3n) is 2.34. The second-order valence-corrected chi connectivity index (χ2v) is 4.00. The summed E-state index contributed by atoms with van der Waals surface area (Å²) in [5.41, 5.74) is 0.582. The minimum atomic E-state index is -0.935. The van der Waals surface area contributed by atoms with E-state index in [-0.39, 0.29) is 0 Å². The number of methoxy groups -OCH3 is 1. The van der Waals surface area contributed by atoms with Gasteiger partial charge in [0.25, 0.3) is 0 Å². The summed E-state index contributed by atoms with van der Waals surface area (Å²) in [6.07, 6.45) is 0.755. The molecule has 0 radical (unpaired) electrons. The highest BCUT2D eigenvalue weighted by Gasteiger charge is 2.20. The number of nitrogens with one attached hydrogen (secondary N) is 1. The molecule has 5 heteroatoms. The van der Waals surface area contributed by atoms with Gasteiger partial charge >= 0.3 is 5.97 Å². The molecule has 0 saturated carbocycles. The number of carbonyl (C=O) groups is 1. The topological polar surface area (TPSA) is 58.6 Å². The zero-order chi connectivity index (χ0) is 12.7. The highest BCUT2D eigenvalue weighted by Crippen LogP contribution is 2.22. The Morgan fingerprint density at radius 1 is 1.53 bits per heavy atom. The van der Waals surface area contributed by atoms with Gasteiger partial charge in [0.1, 0.15) is 6.04 Å². The van der Waals surface area contributed by atoms with Crippen LogP contribution in [0.25, 0.3) is 0 Å². The molecular weight excluding hydrogens is 242 g/mol. The lowest BCUT2D eigenvalue weighted by Gasteiger charge is -2.15. The van der Waals surface area contributed by atoms with Crippen molar-refractivity contribution >= 4 is 17.6 Å². The van der Waals surface area contributed by atoms with Crippen LogP contribution in [0.1, 0.15) is 18.0 Å². The molecule has 1 unspecified atom stereocenters. The van der Waals surface area contributed by atoms with Crippen LogP contribution >= 0.6 is 11.6 Å². The van der Waals surface area contributed by atoms with Gasteiger partial charge < -0.3 is 15.2 Å². The molecule has 0 aliphatic rings. The SMILES string of the molecule is COCCCNC(C(=O)O)c1ccccc1Cl. The molecule has 0 bridgehead atoms. The zero-order valence-electron chi connectivity index (χ0n) is 9.65. The van der Waals surface area contributed by atoms with E-state index < -0.39 is 12.0 Å². The van der Waals surface area contributed by atoms with Crippen molar-refractivity contribution in [3.05, 3.63) is 34.9 Å². The fourth-order valence-corrected chi connectivity index (χ4v) is 1.75. The molecule has 94 valence electrons. The minimum Gasteiger partial charge on any atom is -0.480 e. The maximum Gasteiger partial charge on any atom is 0.325 e. The minimum absolute atomic E-state index is 0.458. The highest BCUT2D eigenvalue weighted by atomic mass is 35.5. The third-order valence-corrected chi connectivity index (χ3v) is 2.68. The van der Waals surface area contributed by atoms with Gasteiger partial charge in [-0.25, -0.2) is 0 Å². The summed E-state index contributed by atoms with van der Waals surface area (Å²) in [5, 5.41) is 12.6. The summed E-state index contributed by atoms with van der Waals surface area (Å²) in [6.45, 7) is 1.16. The average Bonchev–Trinajstić information content (AvgIpc) is 2.30. The number of rotatable bonds is 7. The number of hydrogen-bond acceptors (Lipinski definition) is 3. The first-order valence-corrected chi connectivity index (χ1v) is 5.74. The van der Waals surface area contributed by atoms with Crippen molar-refractivity contribution in [3.63, 3.8) is 0 Å². The van der Waals surface area contributed by atoms with Gasteiger partial charge in [0, 0.05) is 18.7 Å². The van der Waals surface area contributed by atoms with Crippen molar-refractivity contribution in [1.82, 2.24) is 5.32 Å². The summed E-state index contributed by atoms with van der Waals surface area (Å²) in [7, 11) is 1.61. The van der Waals surface area contributed by atoms with Crippen molar-refractivity contribution in [3.8, 4) is 0 Å². The van der Waals surface area contributed by atoms with E-state index in [0.29, 0.717) is 23.7 Å². The largest absolute Gasteiger partial charge is 0.480 e. The molecule has 17 heavy (non-hydrogen) atoms. The molecule has 1 aromatic rings. The Hall–Kier alpha value is -1.10. The second kappa shape index (κ2) is 7.27. The molecule has 2 N–H and O–H groups in total. The van der Waals surface area contributed by atoms with Gasteiger partial charge in [-0.2, -0.15) is 0 Å². The van der Waals surface area contributed by atoms with Crippen LogP contribution in [-0.2, 0) is 9.53 Å². The lowest BCUT2D eigenvalue weighted by molar-refractivity contribution is -0.139. The Balaban J connectivity index is 2.66. The van der Waals surface area contributed by atoms with Gasteiger partial charge in [-0.15, -0.1) is 0 Å². The predicted molar refractivity (Wildman–Crippen MR) is 66.3 cm³/mol. The number of aliphatic carboxylic acids is 1. The number of ether oxygens (including phenoxy) is 1. The van der Waals surface area contributed by atoms with Crippen LogP contribution in [0.3, 0.4) is 0 Å². The highest BCUT2D eigenvalue weighted by molar-refractivity contribution is 6.31. The quantitative estimate of drug-likeness (QED) is 0.735. The predicted octanol–water partition coefficient (Wildman–Crippen LogP) is 2.09. The van der Waals surface area contributed by atoms with Crippen LogP contribution in [0.2, 0.25) is 5.02 Å². The maximum absolute atomic E-state index is 11.2. The van der Waals surface area contributed by atoms with Crippen LogP contribution in [-0.4, -0.2) is 31.3 Å². The molecule has 1 aromatic carbocycles. The van der Waals surface area contributed by atoms with Gasteiger partial charge in [0.15, 0.2) is 0 Å². The van der Waals surface area contributed by atoms with Crippen molar-refractivity contribution < 1.29 is 14.6 Å². The number of halogens is 1. The Bertz CT molecular complexity index is 371.